The summed E-state index contributed by atoms with van der Waals surface area (Å²) in [6.07, 6.45) is 5.27. The second-order valence-electron chi connectivity index (χ2n) is 4.46. The summed E-state index contributed by atoms with van der Waals surface area (Å²) < 4.78 is 10.9. The molecule has 0 amide bonds. The van der Waals surface area contributed by atoms with E-state index in [1.807, 2.05) is 6.92 Å². The van der Waals surface area contributed by atoms with Crippen LogP contribution in [0.3, 0.4) is 0 Å². The minimum Gasteiger partial charge on any atom is -0.478 e. The van der Waals surface area contributed by atoms with Crippen LogP contribution in [-0.2, 0) is 0 Å². The zero-order valence-corrected chi connectivity index (χ0v) is 10.9. The molecule has 0 spiro atoms. The minimum atomic E-state index is 0.407. The largest absolute Gasteiger partial charge is 0.478 e. The van der Waals surface area contributed by atoms with Crippen LogP contribution in [0.15, 0.2) is 12.3 Å². The first-order chi connectivity index (χ1) is 8.88. The van der Waals surface area contributed by atoms with Crippen LogP contribution in [0, 0.1) is 5.92 Å². The van der Waals surface area contributed by atoms with Gasteiger partial charge in [-0.1, -0.05) is 0 Å². The lowest BCUT2D eigenvalue weighted by atomic mass is 9.97. The number of rotatable bonds is 6. The number of piperidine rings is 1. The number of nitrogens with zero attached hydrogens (tertiary/aromatic N) is 2. The van der Waals surface area contributed by atoms with Crippen LogP contribution in [-0.4, -0.2) is 36.3 Å². The van der Waals surface area contributed by atoms with Crippen LogP contribution in [0.25, 0.3) is 0 Å². The predicted octanol–water partition coefficient (Wildman–Crippen LogP) is 1.64. The smallest absolute Gasteiger partial charge is 0.319 e. The van der Waals surface area contributed by atoms with E-state index >= 15 is 0 Å². The number of nitrogens with one attached hydrogen (secondary N) is 1. The van der Waals surface area contributed by atoms with Crippen molar-refractivity contribution in [2.75, 3.05) is 26.3 Å². The monoisotopic (exact) mass is 251 g/mol. The van der Waals surface area contributed by atoms with E-state index in [2.05, 4.69) is 15.3 Å². The lowest BCUT2D eigenvalue weighted by molar-refractivity contribution is 0.235. The molecular formula is C13H21N3O2. The van der Waals surface area contributed by atoms with Gasteiger partial charge < -0.3 is 14.8 Å². The van der Waals surface area contributed by atoms with Crippen LogP contribution in [0.5, 0.6) is 11.9 Å². The van der Waals surface area contributed by atoms with Crippen molar-refractivity contribution < 1.29 is 9.47 Å². The van der Waals surface area contributed by atoms with Crippen molar-refractivity contribution in [3.8, 4) is 11.9 Å². The third-order valence-corrected chi connectivity index (χ3v) is 3.06. The van der Waals surface area contributed by atoms with E-state index in [0.29, 0.717) is 31.0 Å². The highest BCUT2D eigenvalue weighted by Gasteiger charge is 2.13. The molecule has 1 atom stereocenters. The summed E-state index contributed by atoms with van der Waals surface area (Å²) in [5.74, 6) is 1.29. The predicted molar refractivity (Wildman–Crippen MR) is 68.9 cm³/mol. The van der Waals surface area contributed by atoms with Gasteiger partial charge in [0, 0.05) is 12.3 Å². The fourth-order valence-electron chi connectivity index (χ4n) is 2.11. The van der Waals surface area contributed by atoms with Gasteiger partial charge in [0.1, 0.15) is 0 Å². The molecule has 5 heteroatoms. The minimum absolute atomic E-state index is 0.407. The normalized spacial score (nSPS) is 19.5. The molecule has 1 fully saturated rings. The van der Waals surface area contributed by atoms with Crippen molar-refractivity contribution in [2.24, 2.45) is 5.92 Å². The Hall–Kier alpha value is -1.36. The Balaban J connectivity index is 1.73. The Morgan fingerprint density at radius 1 is 1.44 bits per heavy atom. The maximum Gasteiger partial charge on any atom is 0.319 e. The molecule has 1 unspecified atom stereocenters. The fraction of sp³-hybridized carbons (Fsp3) is 0.692. The van der Waals surface area contributed by atoms with Gasteiger partial charge in [0.05, 0.1) is 13.2 Å². The van der Waals surface area contributed by atoms with Crippen molar-refractivity contribution in [1.82, 2.24) is 15.3 Å². The first-order valence-corrected chi connectivity index (χ1v) is 6.68. The van der Waals surface area contributed by atoms with E-state index in [1.54, 1.807) is 12.3 Å². The molecule has 1 aromatic heterocycles. The third-order valence-electron chi connectivity index (χ3n) is 3.06. The summed E-state index contributed by atoms with van der Waals surface area (Å²) in [4.78, 5) is 8.25. The van der Waals surface area contributed by atoms with Gasteiger partial charge in [-0.15, -0.1) is 0 Å². The highest BCUT2D eigenvalue weighted by molar-refractivity contribution is 5.10. The third kappa shape index (κ3) is 4.14. The summed E-state index contributed by atoms with van der Waals surface area (Å²) in [7, 11) is 0. The molecule has 1 saturated heterocycles. The van der Waals surface area contributed by atoms with Gasteiger partial charge in [0.15, 0.2) is 0 Å². The summed E-state index contributed by atoms with van der Waals surface area (Å²) in [6, 6.07) is 2.14. The number of hydrogen-bond donors (Lipinski definition) is 1. The van der Waals surface area contributed by atoms with E-state index < -0.39 is 0 Å². The second-order valence-corrected chi connectivity index (χ2v) is 4.46. The van der Waals surface area contributed by atoms with E-state index in [9.17, 15) is 0 Å². The number of ether oxygens (including phenoxy) is 2. The SMILES string of the molecule is CCOc1ccnc(OCCC2CCCNC2)n1. The first kappa shape index (κ1) is 13.1. The first-order valence-electron chi connectivity index (χ1n) is 6.68. The standard InChI is InChI=1S/C13H21N3O2/c1-2-17-12-5-8-15-13(16-12)18-9-6-11-4-3-7-14-10-11/h5,8,11,14H,2-4,6-7,9-10H2,1H3. The lowest BCUT2D eigenvalue weighted by Gasteiger charge is -2.22. The van der Waals surface area contributed by atoms with E-state index in [0.717, 1.165) is 19.5 Å². The summed E-state index contributed by atoms with van der Waals surface area (Å²) >= 11 is 0. The Morgan fingerprint density at radius 3 is 3.17 bits per heavy atom. The second kappa shape index (κ2) is 7.16. The molecular weight excluding hydrogens is 230 g/mol. The van der Waals surface area contributed by atoms with Crippen molar-refractivity contribution in [3.05, 3.63) is 12.3 Å². The van der Waals surface area contributed by atoms with Crippen molar-refractivity contribution >= 4 is 0 Å². The molecule has 18 heavy (non-hydrogen) atoms. The van der Waals surface area contributed by atoms with Gasteiger partial charge in [-0.2, -0.15) is 4.98 Å². The summed E-state index contributed by atoms with van der Waals surface area (Å²) in [6.45, 7) is 5.45. The Kier molecular flexibility index (Phi) is 5.20. The number of hydrogen-bond acceptors (Lipinski definition) is 5. The topological polar surface area (TPSA) is 56.3 Å². The summed E-state index contributed by atoms with van der Waals surface area (Å²) in [5, 5.41) is 3.40. The van der Waals surface area contributed by atoms with Gasteiger partial charge >= 0.3 is 6.01 Å². The van der Waals surface area contributed by atoms with Crippen LogP contribution in [0.4, 0.5) is 0 Å². The van der Waals surface area contributed by atoms with Crippen LogP contribution in [0.1, 0.15) is 26.2 Å². The molecule has 2 heterocycles. The number of aromatic nitrogens is 2. The molecule has 0 saturated carbocycles. The molecule has 1 aliphatic rings. The van der Waals surface area contributed by atoms with Crippen LogP contribution < -0.4 is 14.8 Å². The zero-order chi connectivity index (χ0) is 12.6. The molecule has 0 aliphatic carbocycles. The molecule has 1 aromatic rings. The van der Waals surface area contributed by atoms with Crippen molar-refractivity contribution in [3.63, 3.8) is 0 Å². The van der Waals surface area contributed by atoms with Crippen molar-refractivity contribution in [2.45, 2.75) is 26.2 Å². The van der Waals surface area contributed by atoms with E-state index in [1.165, 1.54) is 12.8 Å². The van der Waals surface area contributed by atoms with E-state index in [-0.39, 0.29) is 0 Å². The van der Waals surface area contributed by atoms with Crippen LogP contribution in [0.2, 0.25) is 0 Å². The van der Waals surface area contributed by atoms with Gasteiger partial charge in [0.2, 0.25) is 5.88 Å². The lowest BCUT2D eigenvalue weighted by Crippen LogP contribution is -2.30. The molecule has 0 aromatic carbocycles. The molecule has 1 N–H and O–H groups in total. The molecule has 0 bridgehead atoms. The molecule has 1 aliphatic heterocycles. The molecule has 2 rings (SSSR count). The average molecular weight is 251 g/mol. The average Bonchev–Trinajstić information content (AvgIpc) is 2.41. The Morgan fingerprint density at radius 2 is 2.39 bits per heavy atom. The van der Waals surface area contributed by atoms with Gasteiger partial charge in [0.25, 0.3) is 0 Å². The van der Waals surface area contributed by atoms with Crippen molar-refractivity contribution in [1.29, 1.82) is 0 Å². The zero-order valence-electron chi connectivity index (χ0n) is 10.9. The highest BCUT2D eigenvalue weighted by atomic mass is 16.5. The maximum absolute atomic E-state index is 5.57. The van der Waals surface area contributed by atoms with Gasteiger partial charge in [-0.05, 0) is 45.2 Å². The van der Waals surface area contributed by atoms with Crippen LogP contribution >= 0.6 is 0 Å². The molecule has 100 valence electrons. The molecule has 0 radical (unpaired) electrons. The quantitative estimate of drug-likeness (QED) is 0.833. The highest BCUT2D eigenvalue weighted by Crippen LogP contribution is 2.15. The fourth-order valence-corrected chi connectivity index (χ4v) is 2.11. The Labute approximate surface area is 108 Å². The van der Waals surface area contributed by atoms with Gasteiger partial charge in [-0.25, -0.2) is 4.98 Å². The van der Waals surface area contributed by atoms with E-state index in [4.69, 9.17) is 9.47 Å². The molecule has 5 nitrogen and oxygen atoms in total. The maximum atomic E-state index is 5.57. The van der Waals surface area contributed by atoms with Gasteiger partial charge in [-0.3, -0.25) is 0 Å². The summed E-state index contributed by atoms with van der Waals surface area (Å²) in [5.41, 5.74) is 0. The Bertz CT molecular complexity index is 354.